The van der Waals surface area contributed by atoms with Gasteiger partial charge in [0.25, 0.3) is 0 Å². The van der Waals surface area contributed by atoms with Crippen LogP contribution in [0, 0.1) is 0 Å². The lowest BCUT2D eigenvalue weighted by Gasteiger charge is -2.22. The van der Waals surface area contributed by atoms with Crippen molar-refractivity contribution in [3.05, 3.63) is 36.5 Å². The van der Waals surface area contributed by atoms with Crippen molar-refractivity contribution in [3.63, 3.8) is 0 Å². The lowest BCUT2D eigenvalue weighted by molar-refractivity contribution is -0.123. The average Bonchev–Trinajstić information content (AvgIpc) is 3.40. The average molecular weight is 1020 g/mol. The third-order valence-corrected chi connectivity index (χ3v) is 15.9. The summed E-state index contributed by atoms with van der Waals surface area (Å²) in [5.74, 6) is -0.0228. The minimum atomic E-state index is -0.658. The van der Waals surface area contributed by atoms with Gasteiger partial charge in [-0.05, 0) is 51.4 Å². The monoisotopic (exact) mass is 1020 g/mol. The fourth-order valence-corrected chi connectivity index (χ4v) is 10.8. The Morgan fingerprint density at radius 3 is 0.836 bits per heavy atom. The molecule has 0 aromatic carbocycles. The summed E-state index contributed by atoms with van der Waals surface area (Å²) >= 11 is 0. The quantitative estimate of drug-likeness (QED) is 0.0420. The second kappa shape index (κ2) is 64.9. The Morgan fingerprint density at radius 1 is 0.329 bits per heavy atom. The van der Waals surface area contributed by atoms with Gasteiger partial charge in [0, 0.05) is 6.42 Å². The van der Waals surface area contributed by atoms with Gasteiger partial charge in [0.15, 0.2) is 0 Å². The number of unbranched alkanes of at least 4 members (excludes halogenated alkanes) is 50. The molecular weight excluding hydrogens is 891 g/mol. The summed E-state index contributed by atoms with van der Waals surface area (Å²) in [7, 11) is 0. The van der Waals surface area contributed by atoms with Crippen LogP contribution in [0.5, 0.6) is 0 Å². The molecule has 0 heterocycles. The maximum Gasteiger partial charge on any atom is 0.220 e. The third kappa shape index (κ3) is 61.3. The predicted octanol–water partition coefficient (Wildman–Crippen LogP) is 22.8. The highest BCUT2D eigenvalue weighted by Gasteiger charge is 2.20. The number of aliphatic hydroxyl groups excluding tert-OH is 2. The van der Waals surface area contributed by atoms with Crippen LogP contribution in [0.1, 0.15) is 380 Å². The molecule has 2 atom stereocenters. The van der Waals surface area contributed by atoms with Crippen molar-refractivity contribution in [1.82, 2.24) is 5.32 Å². The maximum absolute atomic E-state index is 12.5. The minimum Gasteiger partial charge on any atom is -0.394 e. The lowest BCUT2D eigenvalue weighted by Crippen LogP contribution is -2.45. The van der Waals surface area contributed by atoms with E-state index in [0.29, 0.717) is 12.8 Å². The highest BCUT2D eigenvalue weighted by Crippen LogP contribution is 2.19. The van der Waals surface area contributed by atoms with E-state index in [0.717, 1.165) is 38.5 Å². The molecule has 1 amide bonds. The molecule has 432 valence electrons. The molecule has 0 aliphatic rings. The number of rotatable bonds is 63. The first kappa shape index (κ1) is 71.6. The predicted molar refractivity (Wildman–Crippen MR) is 327 cm³/mol. The highest BCUT2D eigenvalue weighted by molar-refractivity contribution is 5.76. The molecule has 0 saturated heterocycles. The Labute approximate surface area is 459 Å². The molecule has 0 radical (unpaired) electrons. The van der Waals surface area contributed by atoms with Gasteiger partial charge in [0.05, 0.1) is 18.8 Å². The molecule has 4 heteroatoms. The van der Waals surface area contributed by atoms with Crippen molar-refractivity contribution in [1.29, 1.82) is 0 Å². The molecule has 0 aliphatic heterocycles. The fourth-order valence-electron chi connectivity index (χ4n) is 10.8. The number of nitrogens with one attached hydrogen (secondary N) is 1. The molecule has 0 saturated carbocycles. The van der Waals surface area contributed by atoms with Crippen molar-refractivity contribution in [2.45, 2.75) is 392 Å². The smallest absolute Gasteiger partial charge is 0.220 e. The van der Waals surface area contributed by atoms with Crippen LogP contribution in [0.25, 0.3) is 0 Å². The molecule has 0 rings (SSSR count). The van der Waals surface area contributed by atoms with E-state index in [4.69, 9.17) is 0 Å². The molecule has 2 unspecified atom stereocenters. The van der Waals surface area contributed by atoms with E-state index >= 15 is 0 Å². The molecule has 0 spiro atoms. The van der Waals surface area contributed by atoms with E-state index in [9.17, 15) is 15.0 Å². The largest absolute Gasteiger partial charge is 0.394 e. The van der Waals surface area contributed by atoms with E-state index in [1.807, 2.05) is 0 Å². The second-order valence-electron chi connectivity index (χ2n) is 23.2. The van der Waals surface area contributed by atoms with Gasteiger partial charge >= 0.3 is 0 Å². The van der Waals surface area contributed by atoms with Gasteiger partial charge in [-0.3, -0.25) is 4.79 Å². The Bertz CT molecular complexity index is 1110. The summed E-state index contributed by atoms with van der Waals surface area (Å²) < 4.78 is 0. The number of aliphatic hydroxyl groups is 2. The maximum atomic E-state index is 12.5. The van der Waals surface area contributed by atoms with E-state index in [1.165, 1.54) is 315 Å². The van der Waals surface area contributed by atoms with Gasteiger partial charge < -0.3 is 15.5 Å². The Morgan fingerprint density at radius 2 is 0.562 bits per heavy atom. The lowest BCUT2D eigenvalue weighted by atomic mass is 10.0. The van der Waals surface area contributed by atoms with Crippen molar-refractivity contribution in [3.8, 4) is 0 Å². The summed E-state index contributed by atoms with van der Waals surface area (Å²) in [6.07, 6.45) is 89.1. The van der Waals surface area contributed by atoms with Gasteiger partial charge in [-0.15, -0.1) is 0 Å². The summed E-state index contributed by atoms with van der Waals surface area (Å²) in [5.41, 5.74) is 0. The van der Waals surface area contributed by atoms with Crippen LogP contribution in [0.15, 0.2) is 36.5 Å². The number of allylic oxidation sites excluding steroid dienone is 6. The normalized spacial score (nSPS) is 12.9. The van der Waals surface area contributed by atoms with Gasteiger partial charge in [-0.2, -0.15) is 0 Å². The van der Waals surface area contributed by atoms with E-state index in [2.05, 4.69) is 55.6 Å². The van der Waals surface area contributed by atoms with Crippen LogP contribution in [0.3, 0.4) is 0 Å². The van der Waals surface area contributed by atoms with Crippen LogP contribution < -0.4 is 5.32 Å². The zero-order valence-electron chi connectivity index (χ0n) is 49.9. The molecule has 0 bridgehead atoms. The third-order valence-electron chi connectivity index (χ3n) is 15.9. The van der Waals surface area contributed by atoms with Gasteiger partial charge in [0.2, 0.25) is 5.91 Å². The van der Waals surface area contributed by atoms with Gasteiger partial charge in [-0.25, -0.2) is 0 Å². The van der Waals surface area contributed by atoms with Crippen molar-refractivity contribution >= 4 is 5.91 Å². The van der Waals surface area contributed by atoms with Crippen molar-refractivity contribution < 1.29 is 15.0 Å². The molecular formula is C69H133NO3. The van der Waals surface area contributed by atoms with E-state index in [1.54, 1.807) is 0 Å². The Hall–Kier alpha value is -1.39. The van der Waals surface area contributed by atoms with Crippen LogP contribution >= 0.6 is 0 Å². The van der Waals surface area contributed by atoms with Crippen molar-refractivity contribution in [2.24, 2.45) is 0 Å². The first-order chi connectivity index (χ1) is 36.2. The van der Waals surface area contributed by atoms with E-state index < -0.39 is 12.1 Å². The Kier molecular flexibility index (Phi) is 63.7. The van der Waals surface area contributed by atoms with Crippen LogP contribution in [-0.2, 0) is 4.79 Å². The number of carbonyl (C=O) groups is 1. The first-order valence-corrected chi connectivity index (χ1v) is 33.7. The minimum absolute atomic E-state index is 0.0228. The Balaban J connectivity index is 3.37. The summed E-state index contributed by atoms with van der Waals surface area (Å²) in [4.78, 5) is 12.5. The van der Waals surface area contributed by atoms with Gasteiger partial charge in [-0.1, -0.05) is 359 Å². The molecule has 73 heavy (non-hydrogen) atoms. The molecule has 0 aliphatic carbocycles. The second-order valence-corrected chi connectivity index (χ2v) is 23.2. The summed E-state index contributed by atoms with van der Waals surface area (Å²) in [6, 6.07) is -0.535. The van der Waals surface area contributed by atoms with Crippen LogP contribution in [-0.4, -0.2) is 34.9 Å². The molecule has 0 aromatic rings. The van der Waals surface area contributed by atoms with Crippen molar-refractivity contribution in [2.75, 3.05) is 6.61 Å². The summed E-state index contributed by atoms with van der Waals surface area (Å²) in [6.45, 7) is 4.39. The van der Waals surface area contributed by atoms with Gasteiger partial charge in [0.1, 0.15) is 0 Å². The van der Waals surface area contributed by atoms with Crippen LogP contribution in [0.2, 0.25) is 0 Å². The fraction of sp³-hybridized carbons (Fsp3) is 0.899. The zero-order valence-corrected chi connectivity index (χ0v) is 49.9. The number of amides is 1. The first-order valence-electron chi connectivity index (χ1n) is 33.7. The number of hydrogen-bond donors (Lipinski definition) is 3. The topological polar surface area (TPSA) is 69.6 Å². The molecule has 0 fully saturated rings. The molecule has 3 N–H and O–H groups in total. The zero-order chi connectivity index (χ0) is 52.7. The standard InChI is InChI=1S/C69H133NO3/c1-3-5-7-9-11-13-15-17-19-21-23-25-26-27-28-29-30-31-32-33-34-35-36-37-38-39-40-41-42-43-44-45-47-49-51-53-55-57-59-61-63-65-69(73)70-67(66-71)68(72)64-62-60-58-56-54-52-50-48-46-24-22-20-18-16-14-12-10-8-6-4-2/h15,17,21,23,26-27,67-68,71-72H,3-14,16,18-20,22,24-25,28-66H2,1-2H3,(H,70,73)/b17-15-,23-21-,27-26-. The van der Waals surface area contributed by atoms with Crippen LogP contribution in [0.4, 0.5) is 0 Å². The highest BCUT2D eigenvalue weighted by atomic mass is 16.3. The van der Waals surface area contributed by atoms with E-state index in [-0.39, 0.29) is 12.5 Å². The number of hydrogen-bond acceptors (Lipinski definition) is 3. The molecule has 4 nitrogen and oxygen atoms in total. The SMILES string of the molecule is CCCCCCC/C=C\C/C=C\C/C=C\CCCCCCCCCCCCCCCCCCCCCCCCCCCCC(=O)NC(CO)C(O)CCCCCCCCCCCCCCCCCCCCCC. The summed E-state index contributed by atoms with van der Waals surface area (Å²) in [5, 5.41) is 23.4. The molecule has 0 aromatic heterocycles. The number of carbonyl (C=O) groups excluding carboxylic acids is 1.